The van der Waals surface area contributed by atoms with Crippen molar-refractivity contribution in [2.75, 3.05) is 54.4 Å². The molecular weight excluding hydrogens is 228 g/mol. The van der Waals surface area contributed by atoms with Gasteiger partial charge in [-0.3, -0.25) is 0 Å². The number of nitrogens with zero attached hydrogens (tertiary/aromatic N) is 6. The Bertz CT molecular complexity index is 171. The minimum Gasteiger partial charge on any atom is -0.214 e. The zero-order chi connectivity index (χ0) is 14.3. The van der Waals surface area contributed by atoms with Gasteiger partial charge in [0.2, 0.25) is 0 Å². The van der Waals surface area contributed by atoms with E-state index in [2.05, 4.69) is 86.4 Å². The predicted molar refractivity (Wildman–Crippen MR) is 76.9 cm³/mol. The van der Waals surface area contributed by atoms with Crippen molar-refractivity contribution in [1.29, 1.82) is 0 Å². The molecule has 18 heavy (non-hydrogen) atoms. The van der Waals surface area contributed by atoms with E-state index in [1.54, 1.807) is 0 Å². The summed E-state index contributed by atoms with van der Waals surface area (Å²) in [5, 5.41) is 13.1. The molecule has 0 aromatic rings. The summed E-state index contributed by atoms with van der Waals surface area (Å²) in [5.74, 6) is 0. The van der Waals surface area contributed by atoms with Crippen molar-refractivity contribution in [1.82, 2.24) is 30.5 Å². The van der Waals surface area contributed by atoms with Gasteiger partial charge in [-0.1, -0.05) is 38.1 Å². The van der Waals surface area contributed by atoms with Gasteiger partial charge < -0.3 is 0 Å². The van der Waals surface area contributed by atoms with Crippen LogP contribution in [0.15, 0.2) is 0 Å². The molecule has 0 fully saturated rings. The molecule has 0 amide bonds. The number of rotatable bonds is 9. The van der Waals surface area contributed by atoms with E-state index < -0.39 is 0 Å². The Morgan fingerprint density at radius 1 is 0.444 bits per heavy atom. The number of hydrazine groups is 5. The van der Waals surface area contributed by atoms with Gasteiger partial charge in [0.25, 0.3) is 0 Å². The van der Waals surface area contributed by atoms with Crippen LogP contribution in [0.1, 0.15) is 27.7 Å². The third kappa shape index (κ3) is 4.46. The predicted octanol–water partition coefficient (Wildman–Crippen LogP) is 0.972. The minimum atomic E-state index is 0.954. The highest BCUT2D eigenvalue weighted by Crippen LogP contribution is 2.10. The van der Waals surface area contributed by atoms with Gasteiger partial charge >= 0.3 is 0 Å². The lowest BCUT2D eigenvalue weighted by atomic mass is 10.7. The second kappa shape index (κ2) is 8.79. The van der Waals surface area contributed by atoms with Crippen LogP contribution >= 0.6 is 0 Å². The fourth-order valence-electron chi connectivity index (χ4n) is 1.57. The molecule has 110 valence electrons. The first kappa shape index (κ1) is 17.8. The molecule has 0 aromatic carbocycles. The second-order valence-corrected chi connectivity index (χ2v) is 4.43. The van der Waals surface area contributed by atoms with Crippen molar-refractivity contribution < 1.29 is 0 Å². The standard InChI is InChI=1S/C12H32N6/c1-9-13(5)17(14(6)10-2)18(15(7)11-3)16(8)12-4/h9-12H2,1-8H3. The first-order valence-electron chi connectivity index (χ1n) is 6.88. The molecule has 0 rings (SSSR count). The van der Waals surface area contributed by atoms with Crippen LogP contribution in [0.25, 0.3) is 0 Å². The Balaban J connectivity index is 5.18. The van der Waals surface area contributed by atoms with Gasteiger partial charge in [-0.25, -0.2) is 20.0 Å². The van der Waals surface area contributed by atoms with Crippen molar-refractivity contribution in [3.8, 4) is 0 Å². The maximum Gasteiger partial charge on any atom is 0.0130 e. The van der Waals surface area contributed by atoms with Crippen LogP contribution in [0, 0.1) is 0 Å². The fourth-order valence-corrected chi connectivity index (χ4v) is 1.57. The molecule has 0 aliphatic rings. The van der Waals surface area contributed by atoms with Gasteiger partial charge in [0, 0.05) is 54.4 Å². The van der Waals surface area contributed by atoms with E-state index in [0.29, 0.717) is 0 Å². The summed E-state index contributed by atoms with van der Waals surface area (Å²) < 4.78 is 0. The Hall–Kier alpha value is -0.240. The third-order valence-electron chi connectivity index (χ3n) is 3.21. The summed E-state index contributed by atoms with van der Waals surface area (Å²) in [5.41, 5.74) is 0. The van der Waals surface area contributed by atoms with Gasteiger partial charge in [-0.05, 0) is 0 Å². The van der Waals surface area contributed by atoms with Gasteiger partial charge in [0.15, 0.2) is 0 Å². The van der Waals surface area contributed by atoms with Crippen LogP contribution in [0.4, 0.5) is 0 Å². The molecule has 6 nitrogen and oxygen atoms in total. The SMILES string of the molecule is CCN(C)N(N(C)CC)N(N(C)CC)N(C)CC. The first-order chi connectivity index (χ1) is 8.44. The highest BCUT2D eigenvalue weighted by Gasteiger charge is 2.28. The minimum absolute atomic E-state index is 0.954. The smallest absolute Gasteiger partial charge is 0.0130 e. The summed E-state index contributed by atoms with van der Waals surface area (Å²) >= 11 is 0. The molecule has 0 saturated carbocycles. The lowest BCUT2D eigenvalue weighted by Gasteiger charge is -2.50. The monoisotopic (exact) mass is 260 g/mol. The fraction of sp³-hybridized carbons (Fsp3) is 1.00. The highest BCUT2D eigenvalue weighted by atomic mass is 16.2. The van der Waals surface area contributed by atoms with Crippen LogP contribution in [0.5, 0.6) is 0 Å². The molecule has 0 spiro atoms. The first-order valence-corrected chi connectivity index (χ1v) is 6.88. The van der Waals surface area contributed by atoms with Crippen LogP contribution in [-0.4, -0.2) is 84.9 Å². The maximum atomic E-state index is 2.20. The molecule has 0 atom stereocenters. The summed E-state index contributed by atoms with van der Waals surface area (Å²) in [6.07, 6.45) is 0. The molecular formula is C12H32N6. The normalized spacial score (nSPS) is 13.0. The molecule has 6 heteroatoms. The van der Waals surface area contributed by atoms with Crippen LogP contribution < -0.4 is 0 Å². The van der Waals surface area contributed by atoms with Crippen molar-refractivity contribution in [3.63, 3.8) is 0 Å². The Kier molecular flexibility index (Phi) is 8.67. The summed E-state index contributed by atoms with van der Waals surface area (Å²) in [6, 6.07) is 0. The quantitative estimate of drug-likeness (QED) is 0.571. The lowest BCUT2D eigenvalue weighted by Crippen LogP contribution is -2.67. The van der Waals surface area contributed by atoms with E-state index in [4.69, 9.17) is 0 Å². The van der Waals surface area contributed by atoms with E-state index in [1.165, 1.54) is 0 Å². The van der Waals surface area contributed by atoms with Crippen molar-refractivity contribution in [2.45, 2.75) is 27.7 Å². The molecule has 0 saturated heterocycles. The van der Waals surface area contributed by atoms with E-state index >= 15 is 0 Å². The van der Waals surface area contributed by atoms with E-state index in [9.17, 15) is 0 Å². The van der Waals surface area contributed by atoms with E-state index in [0.717, 1.165) is 26.2 Å². The average molecular weight is 260 g/mol. The van der Waals surface area contributed by atoms with Gasteiger partial charge in [0.1, 0.15) is 0 Å². The van der Waals surface area contributed by atoms with Crippen LogP contribution in [0.2, 0.25) is 0 Å². The molecule has 0 aliphatic heterocycles. The van der Waals surface area contributed by atoms with Crippen molar-refractivity contribution in [2.24, 2.45) is 0 Å². The molecule has 0 aliphatic carbocycles. The molecule has 0 unspecified atom stereocenters. The zero-order valence-electron chi connectivity index (χ0n) is 13.5. The molecule has 0 aromatic heterocycles. The lowest BCUT2D eigenvalue weighted by molar-refractivity contribution is -0.418. The van der Waals surface area contributed by atoms with Gasteiger partial charge in [0.05, 0.1) is 0 Å². The maximum absolute atomic E-state index is 2.20. The van der Waals surface area contributed by atoms with Gasteiger partial charge in [-0.15, -0.1) is 0 Å². The van der Waals surface area contributed by atoms with E-state index in [1.807, 2.05) is 0 Å². The Labute approximate surface area is 113 Å². The van der Waals surface area contributed by atoms with Crippen LogP contribution in [0.3, 0.4) is 0 Å². The second-order valence-electron chi connectivity index (χ2n) is 4.43. The van der Waals surface area contributed by atoms with Crippen molar-refractivity contribution >= 4 is 0 Å². The largest absolute Gasteiger partial charge is 0.214 e. The zero-order valence-corrected chi connectivity index (χ0v) is 13.5. The average Bonchev–Trinajstić information content (AvgIpc) is 2.41. The Morgan fingerprint density at radius 2 is 0.611 bits per heavy atom. The molecule has 0 bridgehead atoms. The molecule has 0 radical (unpaired) electrons. The summed E-state index contributed by atoms with van der Waals surface area (Å²) in [4.78, 5) is 0. The summed E-state index contributed by atoms with van der Waals surface area (Å²) in [7, 11) is 8.41. The number of hydrogen-bond acceptors (Lipinski definition) is 6. The highest BCUT2D eigenvalue weighted by molar-refractivity contribution is 4.48. The molecule has 0 N–H and O–H groups in total. The van der Waals surface area contributed by atoms with Gasteiger partial charge in [-0.2, -0.15) is 0 Å². The molecule has 0 heterocycles. The number of hydrogen-bond donors (Lipinski definition) is 0. The Morgan fingerprint density at radius 3 is 0.722 bits per heavy atom. The van der Waals surface area contributed by atoms with Crippen LogP contribution in [-0.2, 0) is 0 Å². The van der Waals surface area contributed by atoms with Crippen molar-refractivity contribution in [3.05, 3.63) is 0 Å². The topological polar surface area (TPSA) is 19.4 Å². The van der Waals surface area contributed by atoms with E-state index in [-0.39, 0.29) is 0 Å². The third-order valence-corrected chi connectivity index (χ3v) is 3.21. The summed E-state index contributed by atoms with van der Waals surface area (Å²) in [6.45, 7) is 12.5.